The van der Waals surface area contributed by atoms with Crippen molar-refractivity contribution in [2.75, 3.05) is 56.2 Å². The van der Waals surface area contributed by atoms with Gasteiger partial charge in [0.05, 0.1) is 37.4 Å². The van der Waals surface area contributed by atoms with Gasteiger partial charge in [-0.15, -0.1) is 0 Å². The Kier molecular flexibility index (Phi) is 8.08. The number of aryl methyl sites for hydroxylation is 1. The van der Waals surface area contributed by atoms with Gasteiger partial charge in [0, 0.05) is 68.7 Å². The van der Waals surface area contributed by atoms with Gasteiger partial charge in [0.25, 0.3) is 5.91 Å². The second kappa shape index (κ2) is 12.1. The Morgan fingerprint density at radius 1 is 1.14 bits per heavy atom. The normalized spacial score (nSPS) is 20.1. The highest BCUT2D eigenvalue weighted by Crippen LogP contribution is 2.36. The number of hydrogen-bond acceptors (Lipinski definition) is 8. The molecule has 228 valence electrons. The topological polar surface area (TPSA) is 106 Å². The van der Waals surface area contributed by atoms with Gasteiger partial charge in [-0.3, -0.25) is 9.59 Å². The van der Waals surface area contributed by atoms with Crippen molar-refractivity contribution in [3.63, 3.8) is 0 Å². The summed E-state index contributed by atoms with van der Waals surface area (Å²) < 4.78 is 20.0. The number of likely N-dealkylation sites (tertiary alicyclic amines) is 1. The SMILES string of the molecule is C=C(F)C(=O)N1CCN(c2nc(OC[C@H]3CC(=O)N(C)C3)nc3c2CCN(c2cccc4cccc(C)c24)C3)C[C@@H]1CC#N. The van der Waals surface area contributed by atoms with E-state index in [2.05, 4.69) is 65.8 Å². The average Bonchev–Trinajstić information content (AvgIpc) is 3.35. The molecule has 2 fully saturated rings. The number of piperazine rings is 1. The molecule has 3 aromatic rings. The molecule has 2 amide bonds. The predicted octanol–water partition coefficient (Wildman–Crippen LogP) is 3.77. The third-order valence-corrected chi connectivity index (χ3v) is 8.93. The summed E-state index contributed by atoms with van der Waals surface area (Å²) in [5.74, 6) is -0.952. The second-order valence-corrected chi connectivity index (χ2v) is 11.9. The van der Waals surface area contributed by atoms with Gasteiger partial charge in [0.15, 0.2) is 5.83 Å². The molecule has 0 bridgehead atoms. The van der Waals surface area contributed by atoms with E-state index in [1.54, 1.807) is 11.9 Å². The quantitative estimate of drug-likeness (QED) is 0.379. The number of nitrogens with zero attached hydrogens (tertiary/aromatic N) is 7. The lowest BCUT2D eigenvalue weighted by Gasteiger charge is -2.42. The van der Waals surface area contributed by atoms with Crippen LogP contribution in [0, 0.1) is 24.2 Å². The zero-order valence-electron chi connectivity index (χ0n) is 25.1. The molecular weight excluding hydrogens is 561 g/mol. The molecule has 44 heavy (non-hydrogen) atoms. The van der Waals surface area contributed by atoms with E-state index in [4.69, 9.17) is 14.7 Å². The van der Waals surface area contributed by atoms with Crippen LogP contribution in [0.2, 0.25) is 0 Å². The first-order valence-corrected chi connectivity index (χ1v) is 15.0. The van der Waals surface area contributed by atoms with Crippen LogP contribution in [0.1, 0.15) is 29.7 Å². The molecule has 3 aliphatic rings. The van der Waals surface area contributed by atoms with Crippen molar-refractivity contribution >= 4 is 34.1 Å². The summed E-state index contributed by atoms with van der Waals surface area (Å²) >= 11 is 0. The Bertz CT molecular complexity index is 1670. The Morgan fingerprint density at radius 3 is 2.66 bits per heavy atom. The first kappa shape index (κ1) is 29.4. The number of benzene rings is 2. The molecule has 2 atom stereocenters. The van der Waals surface area contributed by atoms with Crippen LogP contribution in [0.3, 0.4) is 0 Å². The highest BCUT2D eigenvalue weighted by atomic mass is 19.1. The first-order chi connectivity index (χ1) is 21.2. The number of fused-ring (bicyclic) bond motifs is 2. The molecule has 0 radical (unpaired) electrons. The molecule has 6 rings (SSSR count). The third-order valence-electron chi connectivity index (χ3n) is 8.93. The molecule has 0 saturated carbocycles. The van der Waals surface area contributed by atoms with Crippen LogP contribution in [0.25, 0.3) is 10.8 Å². The monoisotopic (exact) mass is 597 g/mol. The van der Waals surface area contributed by atoms with E-state index in [0.717, 1.165) is 23.5 Å². The van der Waals surface area contributed by atoms with E-state index >= 15 is 0 Å². The lowest BCUT2D eigenvalue weighted by atomic mass is 9.99. The zero-order chi connectivity index (χ0) is 31.0. The van der Waals surface area contributed by atoms with Crippen LogP contribution < -0.4 is 14.5 Å². The summed E-state index contributed by atoms with van der Waals surface area (Å²) in [6.07, 6.45) is 1.18. The smallest absolute Gasteiger partial charge is 0.318 e. The van der Waals surface area contributed by atoms with Crippen LogP contribution in [0.4, 0.5) is 15.9 Å². The highest BCUT2D eigenvalue weighted by Gasteiger charge is 2.35. The predicted molar refractivity (Wildman–Crippen MR) is 165 cm³/mol. The second-order valence-electron chi connectivity index (χ2n) is 11.9. The minimum Gasteiger partial charge on any atom is -0.463 e. The minimum absolute atomic E-state index is 0.0501. The molecule has 0 aliphatic carbocycles. The molecule has 11 heteroatoms. The lowest BCUT2D eigenvalue weighted by Crippen LogP contribution is -2.55. The van der Waals surface area contributed by atoms with E-state index in [1.165, 1.54) is 21.2 Å². The molecule has 0 unspecified atom stereocenters. The standard InChI is InChI=1S/C33H36FN7O3/c1-21-6-4-7-24-8-5-9-28(30(21)24)39-13-11-26-27(19-39)36-33(44-20-23-16-29(42)38(3)17-23)37-31(26)40-14-15-41(32(43)22(2)34)25(18-40)10-12-35/h4-9,23,25H,2,10-11,13-20H2,1,3H3/t23-,25-/m0/s1. The van der Waals surface area contributed by atoms with Crippen molar-refractivity contribution in [3.8, 4) is 12.1 Å². The van der Waals surface area contributed by atoms with Gasteiger partial charge in [-0.25, -0.2) is 4.39 Å². The van der Waals surface area contributed by atoms with Gasteiger partial charge in [-0.1, -0.05) is 36.9 Å². The van der Waals surface area contributed by atoms with Crippen molar-refractivity contribution in [2.24, 2.45) is 5.92 Å². The maximum absolute atomic E-state index is 13.8. The van der Waals surface area contributed by atoms with Gasteiger partial charge in [0.2, 0.25) is 5.91 Å². The van der Waals surface area contributed by atoms with Crippen molar-refractivity contribution in [1.29, 1.82) is 5.26 Å². The number of amides is 2. The number of hydrogen-bond donors (Lipinski definition) is 0. The molecule has 3 aliphatic heterocycles. The van der Waals surface area contributed by atoms with Gasteiger partial charge >= 0.3 is 6.01 Å². The number of rotatable bonds is 7. The Labute approximate surface area is 256 Å². The first-order valence-electron chi connectivity index (χ1n) is 15.0. The molecule has 2 saturated heterocycles. The summed E-state index contributed by atoms with van der Waals surface area (Å²) in [4.78, 5) is 41.8. The van der Waals surface area contributed by atoms with E-state index in [1.807, 2.05) is 0 Å². The fourth-order valence-electron chi connectivity index (χ4n) is 6.70. The van der Waals surface area contributed by atoms with Crippen molar-refractivity contribution in [1.82, 2.24) is 19.8 Å². The zero-order valence-corrected chi connectivity index (χ0v) is 25.1. The number of ether oxygens (including phenoxy) is 1. The van der Waals surface area contributed by atoms with Crippen molar-refractivity contribution in [2.45, 2.75) is 38.8 Å². The molecular formula is C33H36FN7O3. The molecule has 2 aromatic carbocycles. The summed E-state index contributed by atoms with van der Waals surface area (Å²) in [6.45, 7) is 8.53. The van der Waals surface area contributed by atoms with E-state index in [-0.39, 0.29) is 30.8 Å². The maximum Gasteiger partial charge on any atom is 0.318 e. The highest BCUT2D eigenvalue weighted by molar-refractivity contribution is 5.97. The Morgan fingerprint density at radius 2 is 1.93 bits per heavy atom. The largest absolute Gasteiger partial charge is 0.463 e. The average molecular weight is 598 g/mol. The van der Waals surface area contributed by atoms with Crippen LogP contribution in [0.15, 0.2) is 48.8 Å². The van der Waals surface area contributed by atoms with Gasteiger partial charge in [-0.05, 0) is 30.4 Å². The number of aromatic nitrogens is 2. The van der Waals surface area contributed by atoms with Gasteiger partial charge < -0.3 is 24.3 Å². The molecule has 0 spiro atoms. The lowest BCUT2D eigenvalue weighted by molar-refractivity contribution is -0.131. The summed E-state index contributed by atoms with van der Waals surface area (Å²) in [5, 5.41) is 11.9. The van der Waals surface area contributed by atoms with Crippen LogP contribution in [-0.4, -0.2) is 84.0 Å². The number of carbonyl (C=O) groups excluding carboxylic acids is 2. The van der Waals surface area contributed by atoms with Gasteiger partial charge in [0.1, 0.15) is 5.82 Å². The molecule has 0 N–H and O–H groups in total. The van der Waals surface area contributed by atoms with Crippen molar-refractivity contribution in [3.05, 3.63) is 65.6 Å². The summed E-state index contributed by atoms with van der Waals surface area (Å²) in [7, 11) is 1.79. The van der Waals surface area contributed by atoms with Crippen LogP contribution in [0.5, 0.6) is 6.01 Å². The molecule has 1 aromatic heterocycles. The van der Waals surface area contributed by atoms with Crippen LogP contribution in [-0.2, 0) is 22.6 Å². The fraction of sp³-hybridized carbons (Fsp3) is 0.424. The number of carbonyl (C=O) groups is 2. The summed E-state index contributed by atoms with van der Waals surface area (Å²) in [6, 6.07) is 14.5. The number of nitriles is 1. The number of anilines is 2. The van der Waals surface area contributed by atoms with E-state index < -0.39 is 17.8 Å². The fourth-order valence-corrected chi connectivity index (χ4v) is 6.70. The minimum atomic E-state index is -1.03. The number of halogens is 1. The van der Waals surface area contributed by atoms with Crippen LogP contribution >= 0.6 is 0 Å². The molecule has 10 nitrogen and oxygen atoms in total. The van der Waals surface area contributed by atoms with Crippen molar-refractivity contribution < 1.29 is 18.7 Å². The van der Waals surface area contributed by atoms with Gasteiger partial charge in [-0.2, -0.15) is 15.2 Å². The third kappa shape index (κ3) is 5.64. The Hall–Kier alpha value is -4.72. The van der Waals surface area contributed by atoms with E-state index in [0.29, 0.717) is 51.4 Å². The molecule has 4 heterocycles. The summed E-state index contributed by atoms with van der Waals surface area (Å²) in [5.41, 5.74) is 4.22. The Balaban J connectivity index is 1.33. The van der Waals surface area contributed by atoms with E-state index in [9.17, 15) is 19.2 Å². The maximum atomic E-state index is 13.8.